The second-order valence-corrected chi connectivity index (χ2v) is 2.98. The number of primary amides is 1. The summed E-state index contributed by atoms with van der Waals surface area (Å²) in [7, 11) is 1.94. The molecule has 0 aromatic heterocycles. The third-order valence-corrected chi connectivity index (χ3v) is 2.06. The summed E-state index contributed by atoms with van der Waals surface area (Å²) in [6.45, 7) is 2.33. The Morgan fingerprint density at radius 3 is 3.00 bits per heavy atom. The van der Waals surface area contributed by atoms with Crippen LogP contribution in [0.1, 0.15) is 6.42 Å². The lowest BCUT2D eigenvalue weighted by atomic mass is 10.3. The molecule has 0 aromatic carbocycles. The maximum absolute atomic E-state index is 10.5. The Kier molecular flexibility index (Phi) is 2.84. The molecule has 11 heavy (non-hydrogen) atoms. The number of nitrogens with one attached hydrogen (secondary N) is 1. The summed E-state index contributed by atoms with van der Waals surface area (Å²) < 4.78 is 0. The Balaban J connectivity index is 2.24. The second-order valence-electron chi connectivity index (χ2n) is 2.98. The van der Waals surface area contributed by atoms with E-state index in [0.717, 1.165) is 19.5 Å². The normalized spacial score (nSPS) is 25.7. The van der Waals surface area contributed by atoms with Gasteiger partial charge >= 0.3 is 0 Å². The predicted molar refractivity (Wildman–Crippen MR) is 43.1 cm³/mol. The quantitative estimate of drug-likeness (QED) is 0.539. The number of nitrogens with two attached hydrogens (primary N) is 1. The smallest absolute Gasteiger partial charge is 0.231 e. The highest BCUT2D eigenvalue weighted by atomic mass is 16.1. The molecular formula is C7H15N3O. The Bertz CT molecular complexity index is 149. The van der Waals surface area contributed by atoms with Gasteiger partial charge in [0, 0.05) is 19.1 Å². The molecule has 3 N–H and O–H groups in total. The number of hydrogen-bond acceptors (Lipinski definition) is 3. The maximum atomic E-state index is 10.5. The summed E-state index contributed by atoms with van der Waals surface area (Å²) in [6, 6.07) is 0.536. The molecule has 1 atom stereocenters. The van der Waals surface area contributed by atoms with Crippen molar-refractivity contribution in [2.24, 2.45) is 5.73 Å². The number of carbonyl (C=O) groups excluding carboxylic acids is 1. The van der Waals surface area contributed by atoms with Crippen LogP contribution in [0.2, 0.25) is 0 Å². The Morgan fingerprint density at radius 2 is 2.55 bits per heavy atom. The lowest BCUT2D eigenvalue weighted by Gasteiger charge is -2.12. The molecule has 4 heteroatoms. The minimum atomic E-state index is -0.234. The molecule has 0 spiro atoms. The molecule has 1 fully saturated rings. The third-order valence-electron chi connectivity index (χ3n) is 2.06. The van der Waals surface area contributed by atoms with E-state index in [1.807, 2.05) is 7.05 Å². The van der Waals surface area contributed by atoms with Gasteiger partial charge in [-0.3, -0.25) is 9.69 Å². The van der Waals surface area contributed by atoms with Crippen molar-refractivity contribution in [1.82, 2.24) is 10.2 Å². The lowest BCUT2D eigenvalue weighted by molar-refractivity contribution is -0.118. The molecule has 1 rings (SSSR count). The van der Waals surface area contributed by atoms with Gasteiger partial charge in [-0.05, 0) is 13.5 Å². The van der Waals surface area contributed by atoms with Gasteiger partial charge in [-0.25, -0.2) is 0 Å². The number of likely N-dealkylation sites (N-methyl/N-ethyl adjacent to an activating group) is 1. The molecule has 1 saturated heterocycles. The average Bonchev–Trinajstić information content (AvgIpc) is 2.34. The Labute approximate surface area is 66.7 Å². The van der Waals surface area contributed by atoms with Crippen molar-refractivity contribution < 1.29 is 4.79 Å². The highest BCUT2D eigenvalue weighted by molar-refractivity contribution is 5.75. The third kappa shape index (κ3) is 2.48. The SMILES string of the molecule is CN[C@H]1CCN(CC(N)=O)C1. The number of rotatable bonds is 3. The van der Waals surface area contributed by atoms with Crippen LogP contribution in [-0.2, 0) is 4.79 Å². The van der Waals surface area contributed by atoms with Crippen LogP contribution in [0.5, 0.6) is 0 Å². The number of carbonyl (C=O) groups is 1. The van der Waals surface area contributed by atoms with Gasteiger partial charge in [0.2, 0.25) is 5.91 Å². The fourth-order valence-electron chi connectivity index (χ4n) is 1.43. The lowest BCUT2D eigenvalue weighted by Crippen LogP contribution is -2.35. The van der Waals surface area contributed by atoms with E-state index in [4.69, 9.17) is 5.73 Å². The van der Waals surface area contributed by atoms with Crippen molar-refractivity contribution in [1.29, 1.82) is 0 Å². The first kappa shape index (κ1) is 8.49. The van der Waals surface area contributed by atoms with Crippen LogP contribution in [-0.4, -0.2) is 43.5 Å². The van der Waals surface area contributed by atoms with E-state index in [1.54, 1.807) is 0 Å². The molecule has 1 aliphatic heterocycles. The van der Waals surface area contributed by atoms with Crippen LogP contribution < -0.4 is 11.1 Å². The van der Waals surface area contributed by atoms with E-state index in [0.29, 0.717) is 12.6 Å². The summed E-state index contributed by atoms with van der Waals surface area (Å²) >= 11 is 0. The molecule has 0 saturated carbocycles. The molecule has 0 aromatic rings. The van der Waals surface area contributed by atoms with E-state index in [2.05, 4.69) is 10.2 Å². The zero-order valence-corrected chi connectivity index (χ0v) is 6.84. The molecule has 0 bridgehead atoms. The first-order chi connectivity index (χ1) is 5.22. The summed E-state index contributed by atoms with van der Waals surface area (Å²) in [5.74, 6) is -0.234. The van der Waals surface area contributed by atoms with Gasteiger partial charge in [-0.2, -0.15) is 0 Å². The van der Waals surface area contributed by atoms with Crippen molar-refractivity contribution in [3.8, 4) is 0 Å². The fraction of sp³-hybridized carbons (Fsp3) is 0.857. The minimum Gasteiger partial charge on any atom is -0.369 e. The molecule has 0 aliphatic carbocycles. The molecule has 1 amide bonds. The van der Waals surface area contributed by atoms with E-state index in [-0.39, 0.29) is 5.91 Å². The van der Waals surface area contributed by atoms with Gasteiger partial charge in [0.1, 0.15) is 0 Å². The van der Waals surface area contributed by atoms with Gasteiger partial charge in [0.25, 0.3) is 0 Å². The Hall–Kier alpha value is -0.610. The van der Waals surface area contributed by atoms with Crippen molar-refractivity contribution in [3.63, 3.8) is 0 Å². The Morgan fingerprint density at radius 1 is 1.82 bits per heavy atom. The van der Waals surface area contributed by atoms with Crippen molar-refractivity contribution >= 4 is 5.91 Å². The van der Waals surface area contributed by atoms with E-state index >= 15 is 0 Å². The standard InChI is InChI=1S/C7H15N3O/c1-9-6-2-3-10(4-6)5-7(8)11/h6,9H,2-5H2,1H3,(H2,8,11)/t6-/m0/s1. The topological polar surface area (TPSA) is 58.4 Å². The van der Waals surface area contributed by atoms with Gasteiger partial charge in [0.05, 0.1) is 6.54 Å². The summed E-state index contributed by atoms with van der Waals surface area (Å²) in [6.07, 6.45) is 1.11. The van der Waals surface area contributed by atoms with E-state index in [1.165, 1.54) is 0 Å². The molecule has 4 nitrogen and oxygen atoms in total. The second kappa shape index (κ2) is 3.69. The van der Waals surface area contributed by atoms with Gasteiger partial charge < -0.3 is 11.1 Å². The monoisotopic (exact) mass is 157 g/mol. The number of hydrogen-bond donors (Lipinski definition) is 2. The van der Waals surface area contributed by atoms with Crippen LogP contribution in [0.25, 0.3) is 0 Å². The highest BCUT2D eigenvalue weighted by Gasteiger charge is 2.21. The van der Waals surface area contributed by atoms with E-state index < -0.39 is 0 Å². The van der Waals surface area contributed by atoms with Crippen LogP contribution >= 0.6 is 0 Å². The van der Waals surface area contributed by atoms with E-state index in [9.17, 15) is 4.79 Å². The molecule has 0 unspecified atom stereocenters. The predicted octanol–water partition coefficient (Wildman–Crippen LogP) is -1.23. The summed E-state index contributed by atoms with van der Waals surface area (Å²) in [5.41, 5.74) is 5.06. The van der Waals surface area contributed by atoms with Crippen molar-refractivity contribution in [2.45, 2.75) is 12.5 Å². The first-order valence-electron chi connectivity index (χ1n) is 3.90. The average molecular weight is 157 g/mol. The largest absolute Gasteiger partial charge is 0.369 e. The molecule has 1 heterocycles. The van der Waals surface area contributed by atoms with Crippen LogP contribution in [0, 0.1) is 0 Å². The molecular weight excluding hydrogens is 142 g/mol. The van der Waals surface area contributed by atoms with Crippen LogP contribution in [0.4, 0.5) is 0 Å². The minimum absolute atomic E-state index is 0.234. The molecule has 1 aliphatic rings. The van der Waals surface area contributed by atoms with Crippen molar-refractivity contribution in [2.75, 3.05) is 26.7 Å². The summed E-state index contributed by atoms with van der Waals surface area (Å²) in [5, 5.41) is 3.17. The summed E-state index contributed by atoms with van der Waals surface area (Å²) in [4.78, 5) is 12.6. The number of likely N-dealkylation sites (tertiary alicyclic amines) is 1. The maximum Gasteiger partial charge on any atom is 0.231 e. The van der Waals surface area contributed by atoms with Gasteiger partial charge in [-0.1, -0.05) is 0 Å². The van der Waals surface area contributed by atoms with Gasteiger partial charge in [-0.15, -0.1) is 0 Å². The molecule has 64 valence electrons. The zero-order valence-electron chi connectivity index (χ0n) is 6.84. The van der Waals surface area contributed by atoms with Crippen LogP contribution in [0.3, 0.4) is 0 Å². The highest BCUT2D eigenvalue weighted by Crippen LogP contribution is 2.06. The first-order valence-corrected chi connectivity index (χ1v) is 3.90. The van der Waals surface area contributed by atoms with Crippen LogP contribution in [0.15, 0.2) is 0 Å². The molecule has 0 radical (unpaired) electrons. The zero-order chi connectivity index (χ0) is 8.27. The number of amides is 1. The number of nitrogens with zero attached hydrogens (tertiary/aromatic N) is 1. The van der Waals surface area contributed by atoms with Gasteiger partial charge in [0.15, 0.2) is 0 Å². The van der Waals surface area contributed by atoms with Crippen molar-refractivity contribution in [3.05, 3.63) is 0 Å². The fourth-order valence-corrected chi connectivity index (χ4v) is 1.43.